The number of rotatable bonds is 4. The fraction of sp³-hybridized carbons (Fsp3) is 0.222. The predicted octanol–water partition coefficient (Wildman–Crippen LogP) is 2.01. The van der Waals surface area contributed by atoms with E-state index in [1.54, 1.807) is 36.2 Å². The summed E-state index contributed by atoms with van der Waals surface area (Å²) < 4.78 is 1.11. The van der Waals surface area contributed by atoms with E-state index in [-0.39, 0.29) is 24.1 Å². The fourth-order valence-corrected chi connectivity index (χ4v) is 2.54. The van der Waals surface area contributed by atoms with Crippen LogP contribution >= 0.6 is 0 Å². The Morgan fingerprint density at radius 1 is 1.12 bits per heavy atom. The minimum Gasteiger partial charge on any atom is -0.337 e. The van der Waals surface area contributed by atoms with E-state index in [1.807, 2.05) is 37.3 Å². The molecule has 0 saturated heterocycles. The van der Waals surface area contributed by atoms with Crippen molar-refractivity contribution in [2.75, 3.05) is 7.05 Å². The highest BCUT2D eigenvalue weighted by atomic mass is 16.2. The van der Waals surface area contributed by atoms with Crippen molar-refractivity contribution in [3.63, 3.8) is 0 Å². The summed E-state index contributed by atoms with van der Waals surface area (Å²) in [5.74, 6) is -0.196. The first-order valence-electron chi connectivity index (χ1n) is 7.71. The van der Waals surface area contributed by atoms with Gasteiger partial charge >= 0.3 is 0 Å². The van der Waals surface area contributed by atoms with E-state index in [4.69, 9.17) is 0 Å². The lowest BCUT2D eigenvalue weighted by molar-refractivity contribution is -0.132. The molecule has 0 aliphatic rings. The van der Waals surface area contributed by atoms with E-state index in [9.17, 15) is 9.59 Å². The van der Waals surface area contributed by atoms with Crippen LogP contribution in [0.1, 0.15) is 18.5 Å². The minimum atomic E-state index is -0.310. The third-order valence-corrected chi connectivity index (χ3v) is 4.17. The molecule has 24 heavy (non-hydrogen) atoms. The largest absolute Gasteiger partial charge is 0.337 e. The van der Waals surface area contributed by atoms with Gasteiger partial charge in [0.15, 0.2) is 0 Å². The van der Waals surface area contributed by atoms with Crippen LogP contribution in [0.25, 0.3) is 10.9 Å². The van der Waals surface area contributed by atoms with Crippen molar-refractivity contribution in [2.45, 2.75) is 19.5 Å². The number of fused-ring (bicyclic) bond motifs is 1. The molecule has 2 aromatic carbocycles. The van der Waals surface area contributed by atoms with Gasteiger partial charge in [-0.1, -0.05) is 47.7 Å². The van der Waals surface area contributed by atoms with E-state index >= 15 is 0 Å². The summed E-state index contributed by atoms with van der Waals surface area (Å²) in [6.45, 7) is 1.81. The molecule has 3 aromatic rings. The average Bonchev–Trinajstić information content (AvgIpc) is 2.63. The van der Waals surface area contributed by atoms with Gasteiger partial charge in [-0.3, -0.25) is 9.59 Å². The van der Waals surface area contributed by atoms with Gasteiger partial charge in [-0.05, 0) is 24.6 Å². The maximum absolute atomic E-state index is 12.5. The van der Waals surface area contributed by atoms with Crippen molar-refractivity contribution in [3.05, 3.63) is 70.5 Å². The topological polar surface area (TPSA) is 68.1 Å². The average molecular weight is 322 g/mol. The summed E-state index contributed by atoms with van der Waals surface area (Å²) in [4.78, 5) is 26.5. The van der Waals surface area contributed by atoms with Gasteiger partial charge in [0.05, 0.1) is 11.4 Å². The zero-order chi connectivity index (χ0) is 17.1. The Morgan fingerprint density at radius 3 is 2.54 bits per heavy atom. The first kappa shape index (κ1) is 15.9. The lowest BCUT2D eigenvalue weighted by Gasteiger charge is -2.25. The molecule has 1 amide bonds. The zero-order valence-corrected chi connectivity index (χ0v) is 13.6. The van der Waals surface area contributed by atoms with E-state index in [0.717, 1.165) is 10.2 Å². The molecule has 0 radical (unpaired) electrons. The van der Waals surface area contributed by atoms with Gasteiger partial charge in [0.1, 0.15) is 12.1 Å². The van der Waals surface area contributed by atoms with Crippen LogP contribution in [-0.4, -0.2) is 32.8 Å². The molecule has 3 rings (SSSR count). The second-order valence-corrected chi connectivity index (χ2v) is 5.66. The Kier molecular flexibility index (Phi) is 4.37. The van der Waals surface area contributed by atoms with Crippen LogP contribution in [0.3, 0.4) is 0 Å². The summed E-state index contributed by atoms with van der Waals surface area (Å²) in [7, 11) is 1.72. The molecule has 0 N–H and O–H groups in total. The number of likely N-dealkylation sites (N-methyl/N-ethyl adjacent to an activating group) is 1. The number of amides is 1. The van der Waals surface area contributed by atoms with Gasteiger partial charge < -0.3 is 4.90 Å². The molecular weight excluding hydrogens is 304 g/mol. The Bertz CT molecular complexity index is 921. The van der Waals surface area contributed by atoms with Gasteiger partial charge in [0.2, 0.25) is 5.91 Å². The number of hydrogen-bond acceptors (Lipinski definition) is 4. The van der Waals surface area contributed by atoms with Gasteiger partial charge in [-0.2, -0.15) is 0 Å². The van der Waals surface area contributed by atoms with Crippen molar-refractivity contribution < 1.29 is 4.79 Å². The maximum Gasteiger partial charge on any atom is 0.278 e. The first-order valence-corrected chi connectivity index (χ1v) is 7.71. The summed E-state index contributed by atoms with van der Waals surface area (Å²) in [6.07, 6.45) is 0. The lowest BCUT2D eigenvalue weighted by atomic mass is 10.1. The standard InChI is InChI=1S/C18H18N4O2/c1-13(14-8-4-3-5-9-14)21(2)17(23)12-22-18(24)15-10-6-7-11-16(15)19-20-22/h3-11,13H,12H2,1-2H3/t13-/m0/s1. The van der Waals surface area contributed by atoms with Gasteiger partial charge in [-0.15, -0.1) is 5.10 Å². The molecule has 0 spiro atoms. The number of carbonyl (C=O) groups excluding carboxylic acids is 1. The number of benzene rings is 2. The Balaban J connectivity index is 1.82. The molecule has 0 fully saturated rings. The Labute approximate surface area is 139 Å². The van der Waals surface area contributed by atoms with Crippen LogP contribution in [-0.2, 0) is 11.3 Å². The van der Waals surface area contributed by atoms with Crippen molar-refractivity contribution in [2.24, 2.45) is 0 Å². The molecule has 6 heteroatoms. The van der Waals surface area contributed by atoms with Crippen LogP contribution in [0, 0.1) is 0 Å². The van der Waals surface area contributed by atoms with Gasteiger partial charge in [0.25, 0.3) is 5.56 Å². The van der Waals surface area contributed by atoms with E-state index < -0.39 is 0 Å². The number of aromatic nitrogens is 3. The van der Waals surface area contributed by atoms with Gasteiger partial charge in [0, 0.05) is 7.05 Å². The summed E-state index contributed by atoms with van der Waals surface area (Å²) in [6, 6.07) is 16.6. The van der Waals surface area contributed by atoms with Crippen molar-refractivity contribution in [3.8, 4) is 0 Å². The van der Waals surface area contributed by atoms with Crippen LogP contribution in [0.2, 0.25) is 0 Å². The predicted molar refractivity (Wildman–Crippen MR) is 91.4 cm³/mol. The molecule has 1 heterocycles. The van der Waals surface area contributed by atoms with Crippen molar-refractivity contribution >= 4 is 16.8 Å². The van der Waals surface area contributed by atoms with Crippen molar-refractivity contribution in [1.82, 2.24) is 19.9 Å². The number of carbonyl (C=O) groups is 1. The SMILES string of the molecule is C[C@@H](c1ccccc1)N(C)C(=O)Cn1nnc2ccccc2c1=O. The second kappa shape index (κ2) is 6.62. The molecule has 6 nitrogen and oxygen atoms in total. The van der Waals surface area contributed by atoms with Gasteiger partial charge in [-0.25, -0.2) is 4.68 Å². The molecule has 0 aliphatic heterocycles. The number of hydrogen-bond donors (Lipinski definition) is 0. The zero-order valence-electron chi connectivity index (χ0n) is 13.6. The van der Waals surface area contributed by atoms with Crippen molar-refractivity contribution in [1.29, 1.82) is 0 Å². The summed E-state index contributed by atoms with van der Waals surface area (Å²) in [5, 5.41) is 8.32. The van der Waals surface area contributed by atoms with E-state index in [2.05, 4.69) is 10.3 Å². The normalized spacial score (nSPS) is 12.1. The smallest absolute Gasteiger partial charge is 0.278 e. The molecule has 1 atom stereocenters. The third kappa shape index (κ3) is 3.03. The molecule has 0 bridgehead atoms. The Morgan fingerprint density at radius 2 is 1.79 bits per heavy atom. The maximum atomic E-state index is 12.5. The fourth-order valence-electron chi connectivity index (χ4n) is 2.54. The molecule has 122 valence electrons. The number of nitrogens with zero attached hydrogens (tertiary/aromatic N) is 4. The van der Waals surface area contributed by atoms with E-state index in [0.29, 0.717) is 10.9 Å². The highest BCUT2D eigenvalue weighted by molar-refractivity contribution is 5.78. The van der Waals surface area contributed by atoms with Crippen LogP contribution in [0.5, 0.6) is 0 Å². The van der Waals surface area contributed by atoms with Crippen LogP contribution in [0.4, 0.5) is 0 Å². The lowest BCUT2D eigenvalue weighted by Crippen LogP contribution is -2.36. The summed E-state index contributed by atoms with van der Waals surface area (Å²) >= 11 is 0. The van der Waals surface area contributed by atoms with E-state index in [1.165, 1.54) is 0 Å². The molecule has 0 saturated carbocycles. The Hall–Kier alpha value is -3.02. The van der Waals surface area contributed by atoms with Crippen LogP contribution in [0.15, 0.2) is 59.4 Å². The highest BCUT2D eigenvalue weighted by Crippen LogP contribution is 2.18. The monoisotopic (exact) mass is 322 g/mol. The first-order chi connectivity index (χ1) is 11.6. The second-order valence-electron chi connectivity index (χ2n) is 5.66. The summed E-state index contributed by atoms with van der Waals surface area (Å²) in [5.41, 5.74) is 1.25. The quantitative estimate of drug-likeness (QED) is 0.737. The molecule has 1 aromatic heterocycles. The minimum absolute atomic E-state index is 0.0946. The highest BCUT2D eigenvalue weighted by Gasteiger charge is 2.19. The molecule has 0 unspecified atom stereocenters. The molecule has 0 aliphatic carbocycles. The third-order valence-electron chi connectivity index (χ3n) is 4.17. The van der Waals surface area contributed by atoms with Crippen LogP contribution < -0.4 is 5.56 Å². The molecular formula is C18H18N4O2.